The molecule has 0 N–H and O–H groups in total. The molecule has 0 aliphatic heterocycles. The molecule has 0 saturated heterocycles. The smallest absolute Gasteiger partial charge is 0.209 e. The lowest BCUT2D eigenvalue weighted by atomic mass is 9.76. The Labute approximate surface area is 133 Å². The minimum absolute atomic E-state index is 0.0154. The van der Waals surface area contributed by atoms with E-state index in [1.807, 2.05) is 0 Å². The van der Waals surface area contributed by atoms with Gasteiger partial charge in [-0.15, -0.1) is 0 Å². The van der Waals surface area contributed by atoms with Crippen LogP contribution >= 0.6 is 0 Å². The van der Waals surface area contributed by atoms with Crippen LogP contribution in [0.2, 0.25) is 0 Å². The summed E-state index contributed by atoms with van der Waals surface area (Å²) in [5.74, 6) is 0.511. The largest absolute Gasteiger partial charge is 0.439 e. The van der Waals surface area contributed by atoms with Gasteiger partial charge in [-0.1, -0.05) is 47.6 Å². The van der Waals surface area contributed by atoms with E-state index in [0.717, 1.165) is 23.9 Å². The molecule has 22 heavy (non-hydrogen) atoms. The summed E-state index contributed by atoms with van der Waals surface area (Å²) in [6.07, 6.45) is 2.30. The van der Waals surface area contributed by atoms with Crippen LogP contribution in [-0.2, 0) is 17.3 Å². The molecule has 0 saturated carbocycles. The van der Waals surface area contributed by atoms with Crippen molar-refractivity contribution in [1.82, 2.24) is 4.98 Å². The Morgan fingerprint density at radius 2 is 1.73 bits per heavy atom. The maximum absolute atomic E-state index is 8.89. The van der Waals surface area contributed by atoms with Crippen LogP contribution < -0.4 is 0 Å². The summed E-state index contributed by atoms with van der Waals surface area (Å²) in [5.41, 5.74) is 4.31. The molecular weight excluding hydrogens is 272 g/mol. The highest BCUT2D eigenvalue weighted by atomic mass is 16.3. The second-order valence-corrected chi connectivity index (χ2v) is 7.29. The average Bonchev–Trinajstić information content (AvgIpc) is 2.88. The van der Waals surface area contributed by atoms with Crippen molar-refractivity contribution < 1.29 is 4.42 Å². The van der Waals surface area contributed by atoms with E-state index in [4.69, 9.17) is 9.68 Å². The summed E-state index contributed by atoms with van der Waals surface area (Å²) in [6, 6.07) is 6.51. The van der Waals surface area contributed by atoms with Crippen molar-refractivity contribution in [2.45, 2.75) is 71.6 Å². The van der Waals surface area contributed by atoms with Gasteiger partial charge in [0.25, 0.3) is 0 Å². The van der Waals surface area contributed by atoms with E-state index in [2.05, 4.69) is 64.7 Å². The van der Waals surface area contributed by atoms with Crippen molar-refractivity contribution in [2.24, 2.45) is 0 Å². The molecule has 1 heterocycles. The predicted molar refractivity (Wildman–Crippen MR) is 90.0 cm³/mol. The van der Waals surface area contributed by atoms with Gasteiger partial charge in [-0.3, -0.25) is 0 Å². The van der Waals surface area contributed by atoms with Gasteiger partial charge in [-0.25, -0.2) is 4.98 Å². The molecule has 3 heteroatoms. The number of nitriles is 1. The lowest BCUT2D eigenvalue weighted by Gasteiger charge is -2.28. The monoisotopic (exact) mass is 298 g/mol. The zero-order valence-corrected chi connectivity index (χ0v) is 14.6. The molecule has 0 amide bonds. The van der Waals surface area contributed by atoms with Gasteiger partial charge in [0.05, 0.1) is 6.07 Å². The first-order chi connectivity index (χ1) is 10.2. The van der Waals surface area contributed by atoms with E-state index in [1.54, 1.807) is 0 Å². The number of hydrogen-bond donors (Lipinski definition) is 0. The van der Waals surface area contributed by atoms with E-state index in [-0.39, 0.29) is 17.3 Å². The molecule has 2 aromatic rings. The van der Waals surface area contributed by atoms with Crippen LogP contribution in [0, 0.1) is 11.3 Å². The van der Waals surface area contributed by atoms with Gasteiger partial charge in [-0.05, 0) is 35.3 Å². The van der Waals surface area contributed by atoms with Gasteiger partial charge in [0.1, 0.15) is 11.9 Å². The molecule has 0 bridgehead atoms. The second-order valence-electron chi connectivity index (χ2n) is 7.29. The van der Waals surface area contributed by atoms with Crippen molar-refractivity contribution in [3.8, 4) is 6.07 Å². The van der Waals surface area contributed by atoms with E-state index < -0.39 is 0 Å². The van der Waals surface area contributed by atoms with Crippen molar-refractivity contribution >= 4 is 11.1 Å². The fourth-order valence-electron chi connectivity index (χ4n) is 2.51. The lowest BCUT2D eigenvalue weighted by molar-refractivity contribution is 0.478. The Balaban J connectivity index is 2.75. The van der Waals surface area contributed by atoms with Gasteiger partial charge in [0.2, 0.25) is 5.89 Å². The molecule has 0 spiro atoms. The highest BCUT2D eigenvalue weighted by molar-refractivity contribution is 5.79. The SMILES string of the molecule is CCC(C)(C)c1cc(C(C)(C)CC)c2oc(CC#N)nc2c1. The number of fused-ring (bicyclic) bond motifs is 1. The van der Waals surface area contributed by atoms with Gasteiger partial charge in [0.15, 0.2) is 5.58 Å². The summed E-state index contributed by atoms with van der Waals surface area (Å²) in [6.45, 7) is 13.4. The van der Waals surface area contributed by atoms with Crippen molar-refractivity contribution in [1.29, 1.82) is 5.26 Å². The summed E-state index contributed by atoms with van der Waals surface area (Å²) < 4.78 is 5.90. The Kier molecular flexibility index (Phi) is 4.33. The number of hydrogen-bond acceptors (Lipinski definition) is 3. The third-order valence-electron chi connectivity index (χ3n) is 5.04. The van der Waals surface area contributed by atoms with E-state index in [0.29, 0.717) is 5.89 Å². The molecular formula is C19H26N2O. The quantitative estimate of drug-likeness (QED) is 0.755. The molecule has 2 rings (SSSR count). The molecule has 118 valence electrons. The zero-order chi connectivity index (χ0) is 16.5. The molecule has 0 radical (unpaired) electrons. The first-order valence-electron chi connectivity index (χ1n) is 8.06. The molecule has 0 atom stereocenters. The van der Waals surface area contributed by atoms with Crippen LogP contribution in [0.15, 0.2) is 16.5 Å². The third-order valence-corrected chi connectivity index (χ3v) is 5.04. The Bertz CT molecular complexity index is 717. The van der Waals surface area contributed by atoms with Gasteiger partial charge in [-0.2, -0.15) is 5.26 Å². The Hall–Kier alpha value is -1.82. The number of benzene rings is 1. The van der Waals surface area contributed by atoms with Crippen LogP contribution in [0.5, 0.6) is 0 Å². The fraction of sp³-hybridized carbons (Fsp3) is 0.579. The topological polar surface area (TPSA) is 49.8 Å². The van der Waals surface area contributed by atoms with Gasteiger partial charge < -0.3 is 4.42 Å². The normalized spacial score (nSPS) is 12.6. The van der Waals surface area contributed by atoms with Crippen LogP contribution in [-0.4, -0.2) is 4.98 Å². The number of rotatable bonds is 5. The first kappa shape index (κ1) is 16.5. The maximum atomic E-state index is 8.89. The molecule has 0 fully saturated rings. The molecule has 3 nitrogen and oxygen atoms in total. The first-order valence-corrected chi connectivity index (χ1v) is 8.06. The molecule has 1 aromatic heterocycles. The number of aromatic nitrogens is 1. The Morgan fingerprint density at radius 1 is 1.09 bits per heavy atom. The molecule has 0 aliphatic rings. The summed E-state index contributed by atoms with van der Waals surface area (Å²) >= 11 is 0. The average molecular weight is 298 g/mol. The minimum Gasteiger partial charge on any atom is -0.439 e. The highest BCUT2D eigenvalue weighted by Gasteiger charge is 2.28. The Morgan fingerprint density at radius 3 is 2.27 bits per heavy atom. The molecule has 0 unspecified atom stereocenters. The fourth-order valence-corrected chi connectivity index (χ4v) is 2.51. The zero-order valence-electron chi connectivity index (χ0n) is 14.6. The van der Waals surface area contributed by atoms with E-state index in [9.17, 15) is 0 Å². The van der Waals surface area contributed by atoms with Crippen LogP contribution in [0.4, 0.5) is 0 Å². The van der Waals surface area contributed by atoms with E-state index >= 15 is 0 Å². The highest BCUT2D eigenvalue weighted by Crippen LogP contribution is 2.38. The lowest BCUT2D eigenvalue weighted by Crippen LogP contribution is -2.20. The minimum atomic E-state index is 0.0154. The van der Waals surface area contributed by atoms with Crippen molar-refractivity contribution in [3.63, 3.8) is 0 Å². The van der Waals surface area contributed by atoms with Crippen molar-refractivity contribution in [2.75, 3.05) is 0 Å². The third kappa shape index (κ3) is 2.88. The number of nitrogens with zero attached hydrogens (tertiary/aromatic N) is 2. The maximum Gasteiger partial charge on any atom is 0.209 e. The van der Waals surface area contributed by atoms with Crippen LogP contribution in [0.3, 0.4) is 0 Å². The predicted octanol–water partition coefficient (Wildman–Crippen LogP) is 5.27. The van der Waals surface area contributed by atoms with Crippen LogP contribution in [0.1, 0.15) is 71.4 Å². The summed E-state index contributed by atoms with van der Waals surface area (Å²) in [7, 11) is 0. The van der Waals surface area contributed by atoms with Crippen LogP contribution in [0.25, 0.3) is 11.1 Å². The summed E-state index contributed by atoms with van der Waals surface area (Å²) in [4.78, 5) is 4.53. The van der Waals surface area contributed by atoms with Gasteiger partial charge >= 0.3 is 0 Å². The van der Waals surface area contributed by atoms with Gasteiger partial charge in [0, 0.05) is 5.56 Å². The standard InChI is InChI=1S/C19H26N2O/c1-7-18(3,4)13-11-14(19(5,6)8-2)17-15(12-13)21-16(22-17)9-10-20/h11-12H,7-9H2,1-6H3. The molecule has 1 aromatic carbocycles. The van der Waals surface area contributed by atoms with E-state index in [1.165, 1.54) is 11.1 Å². The molecule has 0 aliphatic carbocycles. The van der Waals surface area contributed by atoms with Crippen molar-refractivity contribution in [3.05, 3.63) is 29.2 Å². The summed E-state index contributed by atoms with van der Waals surface area (Å²) in [5, 5.41) is 8.89. The second kappa shape index (κ2) is 5.76. The number of oxazole rings is 1.